The Morgan fingerprint density at radius 3 is 2.86 bits per heavy atom. The lowest BCUT2D eigenvalue weighted by Gasteiger charge is -2.35. The van der Waals surface area contributed by atoms with Gasteiger partial charge in [0, 0.05) is 37.6 Å². The molecule has 0 saturated carbocycles. The molecule has 112 valence electrons. The van der Waals surface area contributed by atoms with Crippen molar-refractivity contribution in [1.82, 2.24) is 15.1 Å². The van der Waals surface area contributed by atoms with Crippen LogP contribution >= 0.6 is 0 Å². The molecular weight excluding hydrogens is 270 g/mol. The van der Waals surface area contributed by atoms with Crippen molar-refractivity contribution < 1.29 is 9.59 Å². The number of carbonyl (C=O) groups is 2. The Labute approximate surface area is 123 Å². The number of fused-ring (bicyclic) bond motifs is 1. The van der Waals surface area contributed by atoms with Gasteiger partial charge in [0.15, 0.2) is 0 Å². The fourth-order valence-electron chi connectivity index (χ4n) is 2.78. The summed E-state index contributed by atoms with van der Waals surface area (Å²) in [6, 6.07) is 7.26. The highest BCUT2D eigenvalue weighted by atomic mass is 16.2. The fourth-order valence-corrected chi connectivity index (χ4v) is 2.78. The Bertz CT molecular complexity index is 545. The first-order valence-corrected chi connectivity index (χ1v) is 7.04. The SMILES string of the molecule is Nc1ccc(NC(=O)CN2CCN3C(=O)NCC3C2)cc1. The van der Waals surface area contributed by atoms with Crippen LogP contribution in [0.25, 0.3) is 0 Å². The highest BCUT2D eigenvalue weighted by Gasteiger charge is 2.35. The first-order chi connectivity index (χ1) is 10.1. The van der Waals surface area contributed by atoms with Crippen molar-refractivity contribution in [2.75, 3.05) is 43.8 Å². The summed E-state index contributed by atoms with van der Waals surface area (Å²) in [6.07, 6.45) is 0. The van der Waals surface area contributed by atoms with E-state index in [0.29, 0.717) is 25.3 Å². The number of anilines is 2. The normalized spacial score (nSPS) is 21.8. The zero-order valence-electron chi connectivity index (χ0n) is 11.7. The zero-order valence-corrected chi connectivity index (χ0v) is 11.7. The summed E-state index contributed by atoms with van der Waals surface area (Å²) in [5.41, 5.74) is 7.02. The standard InChI is InChI=1S/C14H19N5O2/c15-10-1-3-11(4-2-10)17-13(20)9-18-5-6-19-12(8-18)7-16-14(19)21/h1-4,12H,5-9,15H2,(H,16,21)(H,17,20). The number of amides is 3. The molecule has 3 rings (SSSR count). The summed E-state index contributed by atoms with van der Waals surface area (Å²) in [5.74, 6) is -0.0505. The number of carbonyl (C=O) groups excluding carboxylic acids is 2. The fraction of sp³-hybridized carbons (Fsp3) is 0.429. The van der Waals surface area contributed by atoms with Crippen LogP contribution in [0.15, 0.2) is 24.3 Å². The van der Waals surface area contributed by atoms with Gasteiger partial charge in [-0.15, -0.1) is 0 Å². The predicted molar refractivity (Wildman–Crippen MR) is 79.8 cm³/mol. The molecular formula is C14H19N5O2. The average Bonchev–Trinajstić information content (AvgIpc) is 2.82. The molecule has 0 spiro atoms. The Morgan fingerprint density at radius 2 is 2.10 bits per heavy atom. The third kappa shape index (κ3) is 3.08. The molecule has 2 fully saturated rings. The number of benzene rings is 1. The predicted octanol–water partition coefficient (Wildman–Crippen LogP) is -0.0833. The van der Waals surface area contributed by atoms with Crippen molar-refractivity contribution in [3.05, 3.63) is 24.3 Å². The average molecular weight is 289 g/mol. The molecule has 1 aromatic carbocycles. The van der Waals surface area contributed by atoms with E-state index in [1.165, 1.54) is 0 Å². The molecule has 0 bridgehead atoms. The summed E-state index contributed by atoms with van der Waals surface area (Å²) in [5, 5.41) is 5.68. The first-order valence-electron chi connectivity index (χ1n) is 7.04. The van der Waals surface area contributed by atoms with Crippen LogP contribution in [0.4, 0.5) is 16.2 Å². The van der Waals surface area contributed by atoms with Crippen molar-refractivity contribution in [2.24, 2.45) is 0 Å². The number of nitrogens with one attached hydrogen (secondary N) is 2. The molecule has 4 N–H and O–H groups in total. The summed E-state index contributed by atoms with van der Waals surface area (Å²) in [7, 11) is 0. The van der Waals surface area contributed by atoms with E-state index < -0.39 is 0 Å². The van der Waals surface area contributed by atoms with Gasteiger partial charge in [-0.1, -0.05) is 0 Å². The second kappa shape index (κ2) is 5.61. The number of piperazine rings is 1. The van der Waals surface area contributed by atoms with E-state index in [-0.39, 0.29) is 18.0 Å². The van der Waals surface area contributed by atoms with Gasteiger partial charge in [-0.05, 0) is 24.3 Å². The number of nitrogens with zero attached hydrogens (tertiary/aromatic N) is 2. The second-order valence-electron chi connectivity index (χ2n) is 5.44. The smallest absolute Gasteiger partial charge is 0.317 e. The van der Waals surface area contributed by atoms with E-state index in [1.807, 2.05) is 4.90 Å². The van der Waals surface area contributed by atoms with Crippen LogP contribution < -0.4 is 16.4 Å². The van der Waals surface area contributed by atoms with Crippen molar-refractivity contribution in [2.45, 2.75) is 6.04 Å². The van der Waals surface area contributed by atoms with Crippen molar-refractivity contribution in [1.29, 1.82) is 0 Å². The summed E-state index contributed by atoms with van der Waals surface area (Å²) in [4.78, 5) is 27.5. The van der Waals surface area contributed by atoms with Crippen LogP contribution in [0.1, 0.15) is 0 Å². The minimum absolute atomic E-state index is 0.00553. The number of hydrogen-bond acceptors (Lipinski definition) is 4. The van der Waals surface area contributed by atoms with Crippen LogP contribution in [0, 0.1) is 0 Å². The molecule has 2 aliphatic heterocycles. The Balaban J connectivity index is 1.51. The molecule has 1 aromatic rings. The van der Waals surface area contributed by atoms with Gasteiger partial charge >= 0.3 is 6.03 Å². The van der Waals surface area contributed by atoms with Gasteiger partial charge < -0.3 is 21.3 Å². The zero-order chi connectivity index (χ0) is 14.8. The molecule has 0 radical (unpaired) electrons. The Hall–Kier alpha value is -2.28. The summed E-state index contributed by atoms with van der Waals surface area (Å²) >= 11 is 0. The molecule has 3 amide bonds. The lowest BCUT2D eigenvalue weighted by molar-refractivity contribution is -0.117. The Kier molecular flexibility index (Phi) is 3.66. The largest absolute Gasteiger partial charge is 0.399 e. The third-order valence-corrected chi connectivity index (χ3v) is 3.88. The van der Waals surface area contributed by atoms with Crippen molar-refractivity contribution >= 4 is 23.3 Å². The molecule has 21 heavy (non-hydrogen) atoms. The van der Waals surface area contributed by atoms with Crippen LogP contribution in [-0.2, 0) is 4.79 Å². The monoisotopic (exact) mass is 289 g/mol. The van der Waals surface area contributed by atoms with E-state index in [9.17, 15) is 9.59 Å². The quantitative estimate of drug-likeness (QED) is 0.679. The third-order valence-electron chi connectivity index (χ3n) is 3.88. The van der Waals surface area contributed by atoms with E-state index in [0.717, 1.165) is 18.8 Å². The molecule has 0 aromatic heterocycles. The maximum absolute atomic E-state index is 12.0. The maximum Gasteiger partial charge on any atom is 0.317 e. The van der Waals surface area contributed by atoms with Gasteiger partial charge in [0.1, 0.15) is 0 Å². The highest BCUT2D eigenvalue weighted by molar-refractivity contribution is 5.92. The molecule has 0 aliphatic carbocycles. The van der Waals surface area contributed by atoms with Crippen LogP contribution in [-0.4, -0.2) is 60.5 Å². The van der Waals surface area contributed by atoms with Crippen molar-refractivity contribution in [3.63, 3.8) is 0 Å². The minimum atomic E-state index is -0.0505. The van der Waals surface area contributed by atoms with Gasteiger partial charge in [-0.2, -0.15) is 0 Å². The molecule has 7 nitrogen and oxygen atoms in total. The highest BCUT2D eigenvalue weighted by Crippen LogP contribution is 2.14. The molecule has 2 aliphatic rings. The van der Waals surface area contributed by atoms with Crippen LogP contribution in [0.3, 0.4) is 0 Å². The van der Waals surface area contributed by atoms with Gasteiger partial charge in [0.05, 0.1) is 12.6 Å². The summed E-state index contributed by atoms with van der Waals surface area (Å²) < 4.78 is 0. The summed E-state index contributed by atoms with van der Waals surface area (Å²) in [6.45, 7) is 3.12. The molecule has 1 atom stereocenters. The number of urea groups is 1. The van der Waals surface area contributed by atoms with Gasteiger partial charge in [-0.3, -0.25) is 9.69 Å². The Morgan fingerprint density at radius 1 is 1.33 bits per heavy atom. The molecule has 7 heteroatoms. The second-order valence-corrected chi connectivity index (χ2v) is 5.44. The van der Waals surface area contributed by atoms with Gasteiger partial charge in [0.25, 0.3) is 0 Å². The van der Waals surface area contributed by atoms with E-state index >= 15 is 0 Å². The van der Waals surface area contributed by atoms with Crippen LogP contribution in [0.5, 0.6) is 0 Å². The van der Waals surface area contributed by atoms with E-state index in [4.69, 9.17) is 5.73 Å². The first kappa shape index (κ1) is 13.7. The van der Waals surface area contributed by atoms with E-state index in [1.54, 1.807) is 24.3 Å². The lowest BCUT2D eigenvalue weighted by Crippen LogP contribution is -2.53. The number of nitrogens with two attached hydrogens (primary N) is 1. The molecule has 2 heterocycles. The lowest BCUT2D eigenvalue weighted by atomic mass is 10.2. The molecule has 2 saturated heterocycles. The van der Waals surface area contributed by atoms with Crippen LogP contribution in [0.2, 0.25) is 0 Å². The van der Waals surface area contributed by atoms with E-state index in [2.05, 4.69) is 15.5 Å². The van der Waals surface area contributed by atoms with Gasteiger partial charge in [-0.25, -0.2) is 4.79 Å². The van der Waals surface area contributed by atoms with Gasteiger partial charge in [0.2, 0.25) is 5.91 Å². The molecule has 1 unspecified atom stereocenters. The maximum atomic E-state index is 12.0. The minimum Gasteiger partial charge on any atom is -0.399 e. The topological polar surface area (TPSA) is 90.7 Å². The number of nitrogen functional groups attached to an aromatic ring is 1. The number of rotatable bonds is 3. The van der Waals surface area contributed by atoms with Crippen molar-refractivity contribution in [3.8, 4) is 0 Å². The number of hydrogen-bond donors (Lipinski definition) is 3.